The number of ether oxygens (including phenoxy) is 2. The molecule has 252 valence electrons. The number of aliphatic hydroxyl groups is 2. The monoisotopic (exact) mass is 718 g/mol. The Hall–Kier alpha value is -2.46. The zero-order chi connectivity index (χ0) is 33.5. The fourth-order valence-electron chi connectivity index (χ4n) is 3.89. The average molecular weight is 718 g/mol. The van der Waals surface area contributed by atoms with Crippen LogP contribution in [0.4, 0.5) is 0 Å². The SMILES string of the molecule is C.COc1ccc2c(c1)ncn2CC(O)(P(=O)(O)O)P(=O)(O)O.COc1ccn2c(CC(O)(P(C)(=O)O)P(=O)(O)O)cnc2c1. The summed E-state index contributed by atoms with van der Waals surface area (Å²) < 4.78 is 58.6. The lowest BCUT2D eigenvalue weighted by Crippen LogP contribution is -2.33. The number of aromatic nitrogens is 4. The maximum absolute atomic E-state index is 11.8. The van der Waals surface area contributed by atoms with Crippen molar-refractivity contribution in [3.05, 3.63) is 54.7 Å². The predicted molar refractivity (Wildman–Crippen MR) is 160 cm³/mol. The lowest BCUT2D eigenvalue weighted by Gasteiger charge is -2.30. The molecule has 2 unspecified atom stereocenters. The Kier molecular flexibility index (Phi) is 11.5. The molecule has 2 atom stereocenters. The normalized spacial score (nSPS) is 15.4. The number of rotatable bonds is 10. The van der Waals surface area contributed by atoms with Gasteiger partial charge in [0.15, 0.2) is 0 Å². The molecule has 3 heterocycles. The molecule has 3 aromatic heterocycles. The van der Waals surface area contributed by atoms with Gasteiger partial charge in [0, 0.05) is 43.3 Å². The molecule has 0 amide bonds. The van der Waals surface area contributed by atoms with Crippen molar-refractivity contribution in [1.29, 1.82) is 0 Å². The van der Waals surface area contributed by atoms with E-state index in [1.54, 1.807) is 12.1 Å². The van der Waals surface area contributed by atoms with Crippen LogP contribution in [0, 0.1) is 0 Å². The van der Waals surface area contributed by atoms with E-state index in [1.807, 2.05) is 0 Å². The fourth-order valence-corrected chi connectivity index (χ4v) is 8.67. The Morgan fingerprint density at radius 1 is 0.800 bits per heavy atom. The molecule has 0 radical (unpaired) electrons. The van der Waals surface area contributed by atoms with E-state index in [2.05, 4.69) is 9.97 Å². The van der Waals surface area contributed by atoms with Gasteiger partial charge in [-0.2, -0.15) is 0 Å². The van der Waals surface area contributed by atoms with Gasteiger partial charge in [-0.1, -0.05) is 7.43 Å². The van der Waals surface area contributed by atoms with Gasteiger partial charge in [-0.25, -0.2) is 9.97 Å². The van der Waals surface area contributed by atoms with Gasteiger partial charge in [0.1, 0.15) is 17.1 Å². The molecule has 0 spiro atoms. The molecule has 23 heteroatoms. The number of hydrogen-bond donors (Lipinski definition) is 9. The third-order valence-corrected chi connectivity index (χ3v) is 14.7. The molecular weight excluding hydrogens is 684 g/mol. The lowest BCUT2D eigenvalue weighted by molar-refractivity contribution is 0.116. The molecular formula is C22H34N4O15P4. The second-order valence-electron chi connectivity index (χ2n) is 9.51. The van der Waals surface area contributed by atoms with E-state index >= 15 is 0 Å². The van der Waals surface area contributed by atoms with Crippen molar-refractivity contribution in [1.82, 2.24) is 18.9 Å². The van der Waals surface area contributed by atoms with Crippen LogP contribution in [0.3, 0.4) is 0 Å². The summed E-state index contributed by atoms with van der Waals surface area (Å²) in [6, 6.07) is 7.71. The Morgan fingerprint density at radius 3 is 1.82 bits per heavy atom. The van der Waals surface area contributed by atoms with Gasteiger partial charge in [0.25, 0.3) is 5.08 Å². The maximum Gasteiger partial charge on any atom is 0.371 e. The maximum atomic E-state index is 11.8. The van der Waals surface area contributed by atoms with E-state index in [0.29, 0.717) is 34.8 Å². The van der Waals surface area contributed by atoms with Crippen LogP contribution in [-0.4, -0.2) is 94.5 Å². The van der Waals surface area contributed by atoms with Gasteiger partial charge in [-0.3, -0.25) is 18.3 Å². The van der Waals surface area contributed by atoms with Crippen LogP contribution in [0.15, 0.2) is 49.1 Å². The van der Waals surface area contributed by atoms with Crippen molar-refractivity contribution in [3.63, 3.8) is 0 Å². The van der Waals surface area contributed by atoms with Crippen molar-refractivity contribution in [2.24, 2.45) is 0 Å². The first-order chi connectivity index (χ1) is 20.0. The first kappa shape index (κ1) is 38.7. The first-order valence-electron chi connectivity index (χ1n) is 11.9. The number of imidazole rings is 2. The smallest absolute Gasteiger partial charge is 0.371 e. The van der Waals surface area contributed by atoms with Crippen LogP contribution in [0.5, 0.6) is 11.5 Å². The van der Waals surface area contributed by atoms with Gasteiger partial charge in [0.2, 0.25) is 12.5 Å². The summed E-state index contributed by atoms with van der Waals surface area (Å²) in [5, 5.41) is 13.5. The van der Waals surface area contributed by atoms with E-state index in [9.17, 15) is 43.2 Å². The quantitative estimate of drug-likeness (QED) is 0.104. The van der Waals surface area contributed by atoms with Crippen molar-refractivity contribution in [2.45, 2.75) is 30.6 Å². The molecule has 0 saturated carbocycles. The van der Waals surface area contributed by atoms with Gasteiger partial charge < -0.3 is 62.9 Å². The molecule has 0 aliphatic carbocycles. The number of methoxy groups -OCH3 is 2. The van der Waals surface area contributed by atoms with Crippen LogP contribution >= 0.6 is 30.2 Å². The van der Waals surface area contributed by atoms with Gasteiger partial charge in [-0.05, 0) is 18.2 Å². The average Bonchev–Trinajstić information content (AvgIpc) is 3.49. The highest BCUT2D eigenvalue weighted by molar-refractivity contribution is 7.74. The fraction of sp³-hybridized carbons (Fsp3) is 0.364. The molecule has 0 bridgehead atoms. The van der Waals surface area contributed by atoms with Gasteiger partial charge in [0.05, 0.1) is 38.1 Å². The van der Waals surface area contributed by atoms with Crippen molar-refractivity contribution in [2.75, 3.05) is 20.9 Å². The Morgan fingerprint density at radius 2 is 1.33 bits per heavy atom. The van der Waals surface area contributed by atoms with E-state index in [-0.39, 0.29) is 13.1 Å². The highest BCUT2D eigenvalue weighted by Crippen LogP contribution is 2.69. The summed E-state index contributed by atoms with van der Waals surface area (Å²) in [6.07, 6.45) is 3.18. The Balaban J connectivity index is 0.000000307. The van der Waals surface area contributed by atoms with E-state index in [1.165, 1.54) is 49.2 Å². The summed E-state index contributed by atoms with van der Waals surface area (Å²) in [5.74, 6) is 1.01. The summed E-state index contributed by atoms with van der Waals surface area (Å²) >= 11 is 0. The number of benzene rings is 1. The molecule has 4 rings (SSSR count). The van der Waals surface area contributed by atoms with Crippen LogP contribution in [0.1, 0.15) is 13.1 Å². The zero-order valence-corrected chi connectivity index (χ0v) is 26.7. The Bertz CT molecular complexity index is 1670. The molecule has 0 saturated heterocycles. The zero-order valence-electron chi connectivity index (χ0n) is 23.1. The second-order valence-corrected chi connectivity index (χ2v) is 18.2. The van der Waals surface area contributed by atoms with E-state index < -0.39 is 53.3 Å². The summed E-state index contributed by atoms with van der Waals surface area (Å²) in [5.41, 5.74) is 1.28. The van der Waals surface area contributed by atoms with Gasteiger partial charge >= 0.3 is 22.8 Å². The van der Waals surface area contributed by atoms with Crippen LogP contribution < -0.4 is 9.47 Å². The molecule has 4 aromatic rings. The highest BCUT2D eigenvalue weighted by Gasteiger charge is 2.60. The van der Waals surface area contributed by atoms with Crippen LogP contribution in [0.2, 0.25) is 0 Å². The minimum absolute atomic E-state index is 0. The molecule has 0 aliphatic heterocycles. The van der Waals surface area contributed by atoms with Crippen molar-refractivity contribution in [3.8, 4) is 11.5 Å². The molecule has 9 N–H and O–H groups in total. The minimum Gasteiger partial charge on any atom is -0.497 e. The number of fused-ring (bicyclic) bond motifs is 2. The third-order valence-electron chi connectivity index (χ3n) is 6.49. The highest BCUT2D eigenvalue weighted by atomic mass is 31.2. The van der Waals surface area contributed by atoms with Gasteiger partial charge in [-0.15, -0.1) is 0 Å². The molecule has 1 aromatic carbocycles. The topological polar surface area (TPSA) is 304 Å². The predicted octanol–water partition coefficient (Wildman–Crippen LogP) is 1.29. The Labute approximate surface area is 255 Å². The number of nitrogens with zero attached hydrogens (tertiary/aromatic N) is 4. The first-order valence-corrected chi connectivity index (χ1v) is 18.8. The third kappa shape index (κ3) is 7.75. The molecule has 19 nitrogen and oxygen atoms in total. The second kappa shape index (κ2) is 13.3. The van der Waals surface area contributed by atoms with Crippen molar-refractivity contribution >= 4 is 46.8 Å². The largest absolute Gasteiger partial charge is 0.497 e. The lowest BCUT2D eigenvalue weighted by atomic mass is 10.3. The summed E-state index contributed by atoms with van der Waals surface area (Å²) in [7, 11) is -17.9. The van der Waals surface area contributed by atoms with Crippen LogP contribution in [-0.2, 0) is 31.2 Å². The molecule has 45 heavy (non-hydrogen) atoms. The number of hydrogen-bond acceptors (Lipinski definition) is 10. The van der Waals surface area contributed by atoms with E-state index in [0.717, 1.165) is 10.9 Å². The van der Waals surface area contributed by atoms with Crippen molar-refractivity contribution < 1.29 is 72.2 Å². The standard InChI is InChI=1S/C11H16N2O7P2.C10H14N2O8P2.CH4/c1-20-9-3-4-13-8(7-12-10(13)5-9)6-11(14,21(2,15)16)22(17,18)19;1-20-7-2-3-9-8(4-7)11-6-12(9)5-10(13,21(14,15)16)22(17,18)19;/h3-5,7,14H,6H2,1-2H3,(H,15,16)(H2,17,18,19);2-4,6,13H,5H2,1H3,(H2,14,15,16)(H2,17,18,19);1H4. The van der Waals surface area contributed by atoms with Crippen LogP contribution in [0.25, 0.3) is 16.7 Å². The summed E-state index contributed by atoms with van der Waals surface area (Å²) in [4.78, 5) is 72.7. The van der Waals surface area contributed by atoms with E-state index in [4.69, 9.17) is 29.0 Å². The number of pyridine rings is 1. The molecule has 0 fully saturated rings. The summed E-state index contributed by atoms with van der Waals surface area (Å²) in [6.45, 7) is -0.317. The minimum atomic E-state index is -5.52. The molecule has 0 aliphatic rings.